The average Bonchev–Trinajstić information content (AvgIpc) is 2.64. The van der Waals surface area contributed by atoms with Gasteiger partial charge in [0.2, 0.25) is 5.91 Å². The third-order valence-corrected chi connectivity index (χ3v) is 2.81. The average molecular weight is 235 g/mol. The number of carboxylic acids is 1. The lowest BCUT2D eigenvalue weighted by Gasteiger charge is -2.19. The largest absolute Gasteiger partial charge is 0.480 e. The SMILES string of the molecule is CCCN(CC(=O)O)C(=O)[C@@H]1[C@@H](C)C1(F)F. The maximum Gasteiger partial charge on any atom is 0.323 e. The summed E-state index contributed by atoms with van der Waals surface area (Å²) in [5.74, 6) is -7.21. The lowest BCUT2D eigenvalue weighted by molar-refractivity contribution is -0.146. The number of hydrogen-bond acceptors (Lipinski definition) is 2. The number of carbonyl (C=O) groups excluding carboxylic acids is 1. The number of amides is 1. The van der Waals surface area contributed by atoms with E-state index in [1.165, 1.54) is 6.92 Å². The molecule has 1 saturated carbocycles. The molecule has 0 radical (unpaired) electrons. The second-order valence-corrected chi connectivity index (χ2v) is 4.09. The summed E-state index contributed by atoms with van der Waals surface area (Å²) in [6.07, 6.45) is 0.547. The van der Waals surface area contributed by atoms with Crippen LogP contribution in [0.1, 0.15) is 20.3 Å². The van der Waals surface area contributed by atoms with Gasteiger partial charge in [-0.3, -0.25) is 9.59 Å². The Bertz CT molecular complexity index is 306. The molecule has 1 amide bonds. The summed E-state index contributed by atoms with van der Waals surface area (Å²) in [6, 6.07) is 0. The van der Waals surface area contributed by atoms with Gasteiger partial charge >= 0.3 is 5.97 Å². The second-order valence-electron chi connectivity index (χ2n) is 4.09. The van der Waals surface area contributed by atoms with Gasteiger partial charge in [0.1, 0.15) is 12.5 Å². The topological polar surface area (TPSA) is 57.6 Å². The summed E-state index contributed by atoms with van der Waals surface area (Å²) < 4.78 is 26.0. The van der Waals surface area contributed by atoms with Gasteiger partial charge in [-0.1, -0.05) is 13.8 Å². The predicted octanol–water partition coefficient (Wildman–Crippen LogP) is 1.21. The van der Waals surface area contributed by atoms with Crippen molar-refractivity contribution in [2.45, 2.75) is 26.2 Å². The molecule has 0 aromatic heterocycles. The Labute approximate surface area is 92.2 Å². The molecule has 1 fully saturated rings. The maximum atomic E-state index is 13.0. The molecule has 0 aliphatic heterocycles. The van der Waals surface area contributed by atoms with Gasteiger partial charge in [-0.05, 0) is 6.42 Å². The molecule has 0 unspecified atom stereocenters. The fraction of sp³-hybridized carbons (Fsp3) is 0.800. The number of rotatable bonds is 5. The summed E-state index contributed by atoms with van der Waals surface area (Å²) in [5, 5.41) is 8.58. The van der Waals surface area contributed by atoms with Crippen LogP contribution in [-0.4, -0.2) is 40.9 Å². The monoisotopic (exact) mass is 235 g/mol. The predicted molar refractivity (Wildman–Crippen MR) is 52.1 cm³/mol. The first kappa shape index (κ1) is 12.9. The number of aliphatic carboxylic acids is 1. The van der Waals surface area contributed by atoms with Crippen LogP contribution < -0.4 is 0 Å². The van der Waals surface area contributed by atoms with E-state index in [4.69, 9.17) is 5.11 Å². The van der Waals surface area contributed by atoms with Gasteiger partial charge in [-0.2, -0.15) is 0 Å². The maximum absolute atomic E-state index is 13.0. The highest BCUT2D eigenvalue weighted by Crippen LogP contribution is 2.55. The Morgan fingerprint density at radius 1 is 1.44 bits per heavy atom. The lowest BCUT2D eigenvalue weighted by Crippen LogP contribution is -2.38. The summed E-state index contributed by atoms with van der Waals surface area (Å²) >= 11 is 0. The molecule has 92 valence electrons. The summed E-state index contributed by atoms with van der Waals surface area (Å²) in [7, 11) is 0. The first-order valence-electron chi connectivity index (χ1n) is 5.20. The van der Waals surface area contributed by atoms with Crippen LogP contribution in [0.15, 0.2) is 0 Å². The standard InChI is InChI=1S/C10H15F2NO3/c1-3-4-13(5-7(14)15)9(16)8-6(2)10(8,11)12/h6,8H,3-5H2,1-2H3,(H,14,15)/t6-,8+/m1/s1. The van der Waals surface area contributed by atoms with E-state index in [9.17, 15) is 18.4 Å². The Balaban J connectivity index is 2.66. The minimum absolute atomic E-state index is 0.199. The van der Waals surface area contributed by atoms with Gasteiger partial charge in [0.25, 0.3) is 5.92 Å². The normalized spacial score (nSPS) is 26.2. The number of hydrogen-bond donors (Lipinski definition) is 1. The van der Waals surface area contributed by atoms with Crippen molar-refractivity contribution >= 4 is 11.9 Å². The zero-order chi connectivity index (χ0) is 12.5. The third-order valence-electron chi connectivity index (χ3n) is 2.81. The smallest absolute Gasteiger partial charge is 0.323 e. The minimum Gasteiger partial charge on any atom is -0.480 e. The summed E-state index contributed by atoms with van der Waals surface area (Å²) in [5.41, 5.74) is 0. The van der Waals surface area contributed by atoms with E-state index in [1.807, 2.05) is 0 Å². The van der Waals surface area contributed by atoms with E-state index in [-0.39, 0.29) is 6.54 Å². The van der Waals surface area contributed by atoms with Crippen molar-refractivity contribution in [3.63, 3.8) is 0 Å². The van der Waals surface area contributed by atoms with Crippen LogP contribution in [0.4, 0.5) is 8.78 Å². The second kappa shape index (κ2) is 4.35. The van der Waals surface area contributed by atoms with Crippen LogP contribution in [-0.2, 0) is 9.59 Å². The molecule has 4 nitrogen and oxygen atoms in total. The molecular weight excluding hydrogens is 220 g/mol. The minimum atomic E-state index is -2.97. The lowest BCUT2D eigenvalue weighted by atomic mass is 10.2. The first-order valence-corrected chi connectivity index (χ1v) is 5.20. The number of halogens is 2. The van der Waals surface area contributed by atoms with Gasteiger partial charge in [0.05, 0.1) is 0 Å². The molecule has 0 aromatic carbocycles. The molecule has 1 rings (SSSR count). The zero-order valence-electron chi connectivity index (χ0n) is 9.24. The zero-order valence-corrected chi connectivity index (χ0v) is 9.24. The molecule has 1 N–H and O–H groups in total. The van der Waals surface area contributed by atoms with E-state index in [0.717, 1.165) is 4.90 Å². The molecule has 2 atom stereocenters. The number of carbonyl (C=O) groups is 2. The fourth-order valence-corrected chi connectivity index (χ4v) is 1.76. The van der Waals surface area contributed by atoms with Crippen molar-refractivity contribution in [2.75, 3.05) is 13.1 Å². The van der Waals surface area contributed by atoms with E-state index in [0.29, 0.717) is 6.42 Å². The highest BCUT2D eigenvalue weighted by atomic mass is 19.3. The van der Waals surface area contributed by atoms with Crippen LogP contribution in [0.5, 0.6) is 0 Å². The van der Waals surface area contributed by atoms with Crippen molar-refractivity contribution in [2.24, 2.45) is 11.8 Å². The highest BCUT2D eigenvalue weighted by Gasteiger charge is 2.69. The summed E-state index contributed by atoms with van der Waals surface area (Å²) in [4.78, 5) is 23.1. The number of carboxylic acid groups (broad SMARTS) is 1. The Hall–Kier alpha value is -1.20. The molecule has 0 saturated heterocycles. The van der Waals surface area contributed by atoms with Crippen molar-refractivity contribution in [3.05, 3.63) is 0 Å². The molecular formula is C10H15F2NO3. The summed E-state index contributed by atoms with van der Waals surface area (Å²) in [6.45, 7) is 2.75. The van der Waals surface area contributed by atoms with Crippen LogP contribution in [0, 0.1) is 11.8 Å². The number of alkyl halides is 2. The van der Waals surface area contributed by atoms with Crippen LogP contribution in [0.3, 0.4) is 0 Å². The highest BCUT2D eigenvalue weighted by molar-refractivity contribution is 5.86. The van der Waals surface area contributed by atoms with E-state index < -0.39 is 36.2 Å². The van der Waals surface area contributed by atoms with Gasteiger partial charge < -0.3 is 10.0 Å². The molecule has 1 aliphatic rings. The van der Waals surface area contributed by atoms with E-state index >= 15 is 0 Å². The molecule has 0 heterocycles. The third kappa shape index (κ3) is 2.31. The Morgan fingerprint density at radius 2 is 1.94 bits per heavy atom. The molecule has 0 spiro atoms. The van der Waals surface area contributed by atoms with Crippen LogP contribution in [0.2, 0.25) is 0 Å². The fourth-order valence-electron chi connectivity index (χ4n) is 1.76. The van der Waals surface area contributed by atoms with E-state index in [2.05, 4.69) is 0 Å². The molecule has 1 aliphatic carbocycles. The van der Waals surface area contributed by atoms with Crippen molar-refractivity contribution < 1.29 is 23.5 Å². The molecule has 16 heavy (non-hydrogen) atoms. The van der Waals surface area contributed by atoms with Crippen molar-refractivity contribution in [1.29, 1.82) is 0 Å². The quantitative estimate of drug-likeness (QED) is 0.779. The van der Waals surface area contributed by atoms with Crippen molar-refractivity contribution in [3.8, 4) is 0 Å². The first-order chi connectivity index (χ1) is 7.32. The van der Waals surface area contributed by atoms with Crippen LogP contribution in [0.25, 0.3) is 0 Å². The van der Waals surface area contributed by atoms with Crippen molar-refractivity contribution in [1.82, 2.24) is 4.90 Å². The Morgan fingerprint density at radius 3 is 2.25 bits per heavy atom. The number of nitrogens with zero attached hydrogens (tertiary/aromatic N) is 1. The molecule has 6 heteroatoms. The molecule has 0 aromatic rings. The van der Waals surface area contributed by atoms with Gasteiger partial charge in [-0.25, -0.2) is 8.78 Å². The molecule has 0 bridgehead atoms. The van der Waals surface area contributed by atoms with Gasteiger partial charge in [0.15, 0.2) is 0 Å². The van der Waals surface area contributed by atoms with Gasteiger partial charge in [0, 0.05) is 12.5 Å². The van der Waals surface area contributed by atoms with Crippen LogP contribution >= 0.6 is 0 Å². The van der Waals surface area contributed by atoms with Gasteiger partial charge in [-0.15, -0.1) is 0 Å². The Kier molecular flexibility index (Phi) is 3.50. The van der Waals surface area contributed by atoms with E-state index in [1.54, 1.807) is 6.92 Å².